The lowest BCUT2D eigenvalue weighted by Gasteiger charge is -2.13. The first kappa shape index (κ1) is 21.0. The lowest BCUT2D eigenvalue weighted by molar-refractivity contribution is 0.0601. The Morgan fingerprint density at radius 2 is 1.91 bits per heavy atom. The van der Waals surface area contributed by atoms with E-state index in [1.165, 1.54) is 25.4 Å². The third-order valence-corrected chi connectivity index (χ3v) is 5.02. The molecule has 0 bridgehead atoms. The summed E-state index contributed by atoms with van der Waals surface area (Å²) in [6.45, 7) is 2.42. The molecule has 2 N–H and O–H groups in total. The molecule has 0 saturated carbocycles. The van der Waals surface area contributed by atoms with Crippen LogP contribution in [0.15, 0.2) is 53.8 Å². The highest BCUT2D eigenvalue weighted by Gasteiger charge is 2.18. The fourth-order valence-electron chi connectivity index (χ4n) is 3.41. The summed E-state index contributed by atoms with van der Waals surface area (Å²) in [5.74, 6) is -0.296. The van der Waals surface area contributed by atoms with Gasteiger partial charge >= 0.3 is 5.97 Å². The summed E-state index contributed by atoms with van der Waals surface area (Å²) < 4.78 is 21.4. The number of esters is 1. The van der Waals surface area contributed by atoms with Gasteiger partial charge in [-0.25, -0.2) is 19.2 Å². The average molecular weight is 436 g/mol. The summed E-state index contributed by atoms with van der Waals surface area (Å²) in [6.07, 6.45) is 5.97. The van der Waals surface area contributed by atoms with Crippen LogP contribution in [0.4, 0.5) is 27.4 Å². The fourth-order valence-corrected chi connectivity index (χ4v) is 3.41. The Balaban J connectivity index is 1.79. The third-order valence-electron chi connectivity index (χ3n) is 5.02. The van der Waals surface area contributed by atoms with E-state index in [1.54, 1.807) is 23.0 Å². The lowest BCUT2D eigenvalue weighted by atomic mass is 10.2. The number of anilines is 4. The lowest BCUT2D eigenvalue weighted by Crippen LogP contribution is -2.18. The van der Waals surface area contributed by atoms with Gasteiger partial charge in [0.1, 0.15) is 23.0 Å². The summed E-state index contributed by atoms with van der Waals surface area (Å²) in [4.78, 5) is 33.4. The molecule has 0 radical (unpaired) electrons. The molecule has 164 valence electrons. The van der Waals surface area contributed by atoms with Gasteiger partial charge in [-0.2, -0.15) is 0 Å². The number of methoxy groups -OCH3 is 1. The third kappa shape index (κ3) is 3.89. The minimum Gasteiger partial charge on any atom is -0.465 e. The highest BCUT2D eigenvalue weighted by molar-refractivity contribution is 6.00. The molecular weight excluding hydrogens is 415 g/mol. The molecule has 4 rings (SSSR count). The summed E-state index contributed by atoms with van der Waals surface area (Å²) >= 11 is 0. The molecule has 0 aliphatic rings. The maximum atomic E-state index is 13.1. The molecule has 4 aromatic heterocycles. The van der Waals surface area contributed by atoms with Crippen LogP contribution in [0.3, 0.4) is 0 Å². The van der Waals surface area contributed by atoms with Crippen LogP contribution in [0, 0.1) is 5.82 Å². The van der Waals surface area contributed by atoms with E-state index in [9.17, 15) is 14.0 Å². The molecule has 4 aromatic rings. The molecule has 0 spiro atoms. The van der Waals surface area contributed by atoms with Crippen LogP contribution in [-0.4, -0.2) is 32.2 Å². The van der Waals surface area contributed by atoms with Crippen molar-refractivity contribution in [3.8, 4) is 0 Å². The summed E-state index contributed by atoms with van der Waals surface area (Å²) in [5, 5.41) is 6.64. The zero-order valence-electron chi connectivity index (χ0n) is 17.7. The van der Waals surface area contributed by atoms with Crippen molar-refractivity contribution in [2.45, 2.75) is 13.5 Å². The number of hydrogen-bond acceptors (Lipinski definition) is 7. The van der Waals surface area contributed by atoms with Crippen molar-refractivity contribution in [2.24, 2.45) is 7.05 Å². The predicted molar refractivity (Wildman–Crippen MR) is 119 cm³/mol. The SMILES string of the molecule is CCn1ccc2c(c(Nc3cc(Nc4ccc(F)cn4)ncc3C(=O)OC)cn2C)c1=O. The first-order valence-electron chi connectivity index (χ1n) is 9.83. The molecule has 9 nitrogen and oxygen atoms in total. The molecule has 0 aliphatic carbocycles. The molecule has 0 aliphatic heterocycles. The Morgan fingerprint density at radius 1 is 1.12 bits per heavy atom. The highest BCUT2D eigenvalue weighted by Crippen LogP contribution is 2.29. The number of pyridine rings is 3. The predicted octanol–water partition coefficient (Wildman–Crippen LogP) is 3.56. The van der Waals surface area contributed by atoms with Crippen LogP contribution in [0.25, 0.3) is 10.9 Å². The summed E-state index contributed by atoms with van der Waals surface area (Å²) in [5.41, 5.74) is 1.72. The molecular formula is C22H21FN6O3. The molecule has 32 heavy (non-hydrogen) atoms. The Labute approximate surface area is 182 Å². The maximum absolute atomic E-state index is 13.1. The molecule has 0 fully saturated rings. The van der Waals surface area contributed by atoms with Gasteiger partial charge in [-0.1, -0.05) is 0 Å². The number of halogens is 1. The number of hydrogen-bond donors (Lipinski definition) is 2. The van der Waals surface area contributed by atoms with Crippen LogP contribution in [0.2, 0.25) is 0 Å². The van der Waals surface area contributed by atoms with E-state index in [0.29, 0.717) is 34.9 Å². The van der Waals surface area contributed by atoms with Gasteiger partial charge in [0.2, 0.25) is 0 Å². The number of nitrogens with zero attached hydrogens (tertiary/aromatic N) is 4. The number of carbonyl (C=O) groups is 1. The van der Waals surface area contributed by atoms with Crippen molar-refractivity contribution in [3.63, 3.8) is 0 Å². The monoisotopic (exact) mass is 436 g/mol. The van der Waals surface area contributed by atoms with Crippen molar-refractivity contribution < 1.29 is 13.9 Å². The van der Waals surface area contributed by atoms with Crippen molar-refractivity contribution in [2.75, 3.05) is 17.7 Å². The normalized spacial score (nSPS) is 10.9. The second-order valence-electron chi connectivity index (χ2n) is 7.04. The van der Waals surface area contributed by atoms with Crippen molar-refractivity contribution in [3.05, 3.63) is 70.8 Å². The van der Waals surface area contributed by atoms with E-state index in [2.05, 4.69) is 20.6 Å². The van der Waals surface area contributed by atoms with E-state index in [1.807, 2.05) is 24.6 Å². The molecule has 0 saturated heterocycles. The smallest absolute Gasteiger partial charge is 0.341 e. The van der Waals surface area contributed by atoms with Crippen LogP contribution in [0.5, 0.6) is 0 Å². The maximum Gasteiger partial charge on any atom is 0.341 e. The summed E-state index contributed by atoms with van der Waals surface area (Å²) in [7, 11) is 3.11. The van der Waals surface area contributed by atoms with Gasteiger partial charge < -0.3 is 24.5 Å². The second-order valence-corrected chi connectivity index (χ2v) is 7.04. The van der Waals surface area contributed by atoms with Crippen LogP contribution in [-0.2, 0) is 18.3 Å². The van der Waals surface area contributed by atoms with Gasteiger partial charge in [-0.05, 0) is 25.1 Å². The zero-order chi connectivity index (χ0) is 22.8. The van der Waals surface area contributed by atoms with Crippen molar-refractivity contribution in [1.82, 2.24) is 19.1 Å². The number of carbonyl (C=O) groups excluding carboxylic acids is 1. The largest absolute Gasteiger partial charge is 0.465 e. The van der Waals surface area contributed by atoms with Crippen molar-refractivity contribution >= 4 is 39.9 Å². The number of rotatable bonds is 6. The van der Waals surface area contributed by atoms with E-state index in [-0.39, 0.29) is 11.1 Å². The number of aryl methyl sites for hydroxylation is 2. The molecule has 0 atom stereocenters. The summed E-state index contributed by atoms with van der Waals surface area (Å²) in [6, 6.07) is 6.20. The highest BCUT2D eigenvalue weighted by atomic mass is 19.1. The average Bonchev–Trinajstić information content (AvgIpc) is 3.11. The van der Waals surface area contributed by atoms with Gasteiger partial charge in [0, 0.05) is 38.2 Å². The molecule has 0 aromatic carbocycles. The molecule has 0 unspecified atom stereocenters. The fraction of sp³-hybridized carbons (Fsp3) is 0.182. The van der Waals surface area contributed by atoms with Gasteiger partial charge in [0.05, 0.1) is 35.6 Å². The van der Waals surface area contributed by atoms with Gasteiger partial charge in [0.25, 0.3) is 5.56 Å². The van der Waals surface area contributed by atoms with E-state index >= 15 is 0 Å². The number of ether oxygens (including phenoxy) is 1. The second kappa shape index (κ2) is 8.50. The van der Waals surface area contributed by atoms with E-state index in [4.69, 9.17) is 4.74 Å². The Kier molecular flexibility index (Phi) is 5.59. The number of nitrogens with one attached hydrogen (secondary N) is 2. The minimum absolute atomic E-state index is 0.143. The van der Waals surface area contributed by atoms with Crippen molar-refractivity contribution in [1.29, 1.82) is 0 Å². The van der Waals surface area contributed by atoms with E-state index < -0.39 is 11.8 Å². The molecule has 4 heterocycles. The number of aromatic nitrogens is 4. The minimum atomic E-state index is -0.585. The van der Waals surface area contributed by atoms with E-state index in [0.717, 1.165) is 11.7 Å². The Morgan fingerprint density at radius 3 is 2.59 bits per heavy atom. The van der Waals surface area contributed by atoms with Crippen LogP contribution in [0.1, 0.15) is 17.3 Å². The first-order valence-corrected chi connectivity index (χ1v) is 9.83. The van der Waals surface area contributed by atoms with Gasteiger partial charge in [-0.3, -0.25) is 4.79 Å². The first-order chi connectivity index (χ1) is 15.4. The number of fused-ring (bicyclic) bond motifs is 1. The molecule has 10 heteroatoms. The van der Waals surface area contributed by atoms with Crippen LogP contribution < -0.4 is 16.2 Å². The Hall–Kier alpha value is -4.21. The van der Waals surface area contributed by atoms with Gasteiger partial charge in [-0.15, -0.1) is 0 Å². The molecule has 0 amide bonds. The zero-order valence-corrected chi connectivity index (χ0v) is 17.7. The quantitative estimate of drug-likeness (QED) is 0.446. The topological polar surface area (TPSA) is 103 Å². The van der Waals surface area contributed by atoms with Gasteiger partial charge in [0.15, 0.2) is 0 Å². The standard InChI is InChI=1S/C22H21FN6O3/c1-4-29-8-7-17-20(21(29)30)16(12-28(17)2)26-15-9-19(25-11-14(15)22(31)32-3)27-18-6-5-13(23)10-24-18/h5-12H,4H2,1-3H3,(H2,24,25,26,27). The van der Waals surface area contributed by atoms with Crippen LogP contribution >= 0.6 is 0 Å². The Bertz CT molecular complexity index is 1360.